The smallest absolute Gasteiger partial charge is 0.352 e. The fraction of sp³-hybridized carbons (Fsp3) is 0.667. The van der Waals surface area contributed by atoms with Crippen molar-refractivity contribution in [3.8, 4) is 0 Å². The molecule has 2 N–H and O–H groups in total. The monoisotopic (exact) mass is 377 g/mol. The van der Waals surface area contributed by atoms with Crippen molar-refractivity contribution < 1.29 is 18.0 Å². The van der Waals surface area contributed by atoms with E-state index in [4.69, 9.17) is 0 Å². The highest BCUT2D eigenvalue weighted by molar-refractivity contribution is 7.09. The normalized spacial score (nSPS) is 18.8. The molecule has 1 aromatic rings. The summed E-state index contributed by atoms with van der Waals surface area (Å²) in [4.78, 5) is 21.4. The molecule has 1 aromatic heterocycles. The molecule has 2 rings (SSSR count). The van der Waals surface area contributed by atoms with E-state index in [1.807, 2.05) is 18.7 Å². The van der Waals surface area contributed by atoms with Gasteiger partial charge in [-0.05, 0) is 6.42 Å². The molecular formula is C15H22F3N5OS. The van der Waals surface area contributed by atoms with E-state index in [2.05, 4.69) is 20.6 Å². The lowest BCUT2D eigenvalue weighted by Crippen LogP contribution is -2.45. The van der Waals surface area contributed by atoms with Crippen LogP contribution in [0.15, 0.2) is 10.4 Å². The molecule has 1 amide bonds. The first kappa shape index (κ1) is 19.5. The molecule has 1 saturated heterocycles. The maximum atomic E-state index is 12.6. The first-order valence-corrected chi connectivity index (χ1v) is 8.86. The van der Waals surface area contributed by atoms with E-state index in [0.29, 0.717) is 24.1 Å². The van der Waals surface area contributed by atoms with Crippen LogP contribution < -0.4 is 10.6 Å². The summed E-state index contributed by atoms with van der Waals surface area (Å²) in [6.07, 6.45) is -3.63. The van der Waals surface area contributed by atoms with Crippen molar-refractivity contribution in [2.75, 3.05) is 20.1 Å². The molecule has 6 nitrogen and oxygen atoms in total. The highest BCUT2D eigenvalue weighted by Gasteiger charge is 2.33. The number of nitrogens with one attached hydrogen (secondary N) is 2. The van der Waals surface area contributed by atoms with Gasteiger partial charge in [0, 0.05) is 37.5 Å². The van der Waals surface area contributed by atoms with E-state index in [1.54, 1.807) is 7.05 Å². The van der Waals surface area contributed by atoms with Gasteiger partial charge in [0.2, 0.25) is 5.91 Å². The SMILES string of the molecule is CN=C(NCc1nc(C(F)(F)F)cs1)NC1CCN(C(=O)C(C)C)C1. The van der Waals surface area contributed by atoms with Gasteiger partial charge in [0.25, 0.3) is 0 Å². The van der Waals surface area contributed by atoms with Crippen molar-refractivity contribution in [2.45, 2.75) is 39.0 Å². The number of alkyl halides is 3. The van der Waals surface area contributed by atoms with Crippen LogP contribution in [-0.4, -0.2) is 47.9 Å². The Morgan fingerprint density at radius 2 is 2.24 bits per heavy atom. The Balaban J connectivity index is 1.84. The van der Waals surface area contributed by atoms with E-state index in [-0.39, 0.29) is 24.4 Å². The average Bonchev–Trinajstić information content (AvgIpc) is 3.19. The molecule has 25 heavy (non-hydrogen) atoms. The van der Waals surface area contributed by atoms with Crippen LogP contribution in [0, 0.1) is 5.92 Å². The third-order valence-corrected chi connectivity index (χ3v) is 4.66. The Kier molecular flexibility index (Phi) is 6.26. The zero-order valence-electron chi connectivity index (χ0n) is 14.4. The third kappa shape index (κ3) is 5.32. The molecule has 0 aliphatic carbocycles. The van der Waals surface area contributed by atoms with E-state index >= 15 is 0 Å². The van der Waals surface area contributed by atoms with Crippen molar-refractivity contribution in [1.82, 2.24) is 20.5 Å². The van der Waals surface area contributed by atoms with Gasteiger partial charge in [0.15, 0.2) is 11.7 Å². The average molecular weight is 377 g/mol. The van der Waals surface area contributed by atoms with Crippen LogP contribution in [-0.2, 0) is 17.5 Å². The summed E-state index contributed by atoms with van der Waals surface area (Å²) in [6, 6.07) is 0.0657. The lowest BCUT2D eigenvalue weighted by molar-refractivity contribution is -0.140. The van der Waals surface area contributed by atoms with Crippen LogP contribution >= 0.6 is 11.3 Å². The summed E-state index contributed by atoms with van der Waals surface area (Å²) < 4.78 is 37.7. The molecule has 0 bridgehead atoms. The standard InChI is InChI=1S/C15H22F3N5OS/c1-9(2)13(24)23-5-4-10(7-23)21-14(19-3)20-6-12-22-11(8-25-12)15(16,17)18/h8-10H,4-7H2,1-3H3,(H2,19,20,21). The Morgan fingerprint density at radius 3 is 2.80 bits per heavy atom. The number of guanidine groups is 1. The molecule has 1 fully saturated rings. The van der Waals surface area contributed by atoms with Gasteiger partial charge >= 0.3 is 6.18 Å². The molecular weight excluding hydrogens is 355 g/mol. The van der Waals surface area contributed by atoms with Crippen molar-refractivity contribution >= 4 is 23.2 Å². The Morgan fingerprint density at radius 1 is 1.52 bits per heavy atom. The predicted molar refractivity (Wildman–Crippen MR) is 90.3 cm³/mol. The predicted octanol–water partition coefficient (Wildman–Crippen LogP) is 2.08. The van der Waals surface area contributed by atoms with Gasteiger partial charge in [0.1, 0.15) is 5.01 Å². The van der Waals surface area contributed by atoms with Crippen LogP contribution in [0.5, 0.6) is 0 Å². The van der Waals surface area contributed by atoms with Crippen LogP contribution in [0.2, 0.25) is 0 Å². The Labute approximate surface area is 148 Å². The first-order chi connectivity index (χ1) is 11.7. The van der Waals surface area contributed by atoms with Crippen LogP contribution in [0.1, 0.15) is 31.0 Å². The van der Waals surface area contributed by atoms with Gasteiger partial charge < -0.3 is 15.5 Å². The number of thiazole rings is 1. The van der Waals surface area contributed by atoms with Crippen LogP contribution in [0.25, 0.3) is 0 Å². The minimum absolute atomic E-state index is 0.0380. The maximum absolute atomic E-state index is 12.6. The van der Waals surface area contributed by atoms with E-state index < -0.39 is 11.9 Å². The Bertz CT molecular complexity index is 629. The zero-order chi connectivity index (χ0) is 18.6. The highest BCUT2D eigenvalue weighted by atomic mass is 32.1. The lowest BCUT2D eigenvalue weighted by atomic mass is 10.2. The minimum atomic E-state index is -4.43. The molecule has 0 aromatic carbocycles. The fourth-order valence-corrected chi connectivity index (χ4v) is 3.25. The second-order valence-corrected chi connectivity index (χ2v) is 7.06. The van der Waals surface area contributed by atoms with Gasteiger partial charge in [-0.25, -0.2) is 4.98 Å². The highest BCUT2D eigenvalue weighted by Crippen LogP contribution is 2.29. The number of hydrogen-bond donors (Lipinski definition) is 2. The Hall–Kier alpha value is -1.84. The van der Waals surface area contributed by atoms with Gasteiger partial charge in [-0.15, -0.1) is 11.3 Å². The quantitative estimate of drug-likeness (QED) is 0.623. The largest absolute Gasteiger partial charge is 0.434 e. The number of halogens is 3. The first-order valence-electron chi connectivity index (χ1n) is 7.98. The summed E-state index contributed by atoms with van der Waals surface area (Å²) in [5.41, 5.74) is -0.879. The number of nitrogens with zero attached hydrogens (tertiary/aromatic N) is 3. The minimum Gasteiger partial charge on any atom is -0.352 e. The molecule has 1 unspecified atom stereocenters. The molecule has 1 aliphatic heterocycles. The molecule has 1 aliphatic rings. The topological polar surface area (TPSA) is 69.6 Å². The van der Waals surface area contributed by atoms with Crippen LogP contribution in [0.4, 0.5) is 13.2 Å². The van der Waals surface area contributed by atoms with Crippen molar-refractivity contribution in [3.63, 3.8) is 0 Å². The number of hydrogen-bond acceptors (Lipinski definition) is 4. The van der Waals surface area contributed by atoms with Crippen molar-refractivity contribution in [2.24, 2.45) is 10.9 Å². The summed E-state index contributed by atoms with van der Waals surface area (Å²) >= 11 is 0.950. The lowest BCUT2D eigenvalue weighted by Gasteiger charge is -2.20. The number of likely N-dealkylation sites (tertiary alicyclic amines) is 1. The van der Waals surface area contributed by atoms with Gasteiger partial charge in [-0.2, -0.15) is 13.2 Å². The molecule has 0 spiro atoms. The second kappa shape index (κ2) is 8.03. The van der Waals surface area contributed by atoms with Gasteiger partial charge in [-0.1, -0.05) is 13.8 Å². The molecule has 140 valence electrons. The van der Waals surface area contributed by atoms with E-state index in [9.17, 15) is 18.0 Å². The molecule has 10 heteroatoms. The zero-order valence-corrected chi connectivity index (χ0v) is 15.2. The fourth-order valence-electron chi connectivity index (χ4n) is 2.51. The summed E-state index contributed by atoms with van der Waals surface area (Å²) in [6.45, 7) is 5.17. The second-order valence-electron chi connectivity index (χ2n) is 6.12. The number of aliphatic imine (C=N–C) groups is 1. The number of rotatable bonds is 4. The summed E-state index contributed by atoms with van der Waals surface area (Å²) in [7, 11) is 1.59. The number of amides is 1. The number of carbonyl (C=O) groups is 1. The van der Waals surface area contributed by atoms with Gasteiger partial charge in [-0.3, -0.25) is 9.79 Å². The van der Waals surface area contributed by atoms with Crippen molar-refractivity contribution in [3.05, 3.63) is 16.1 Å². The molecule has 2 heterocycles. The summed E-state index contributed by atoms with van der Waals surface area (Å²) in [5, 5.41) is 7.49. The van der Waals surface area contributed by atoms with E-state index in [0.717, 1.165) is 23.1 Å². The van der Waals surface area contributed by atoms with Crippen molar-refractivity contribution in [1.29, 1.82) is 0 Å². The van der Waals surface area contributed by atoms with Crippen LogP contribution in [0.3, 0.4) is 0 Å². The molecule has 0 saturated carbocycles. The number of aromatic nitrogens is 1. The maximum Gasteiger partial charge on any atom is 0.434 e. The molecule has 1 atom stereocenters. The van der Waals surface area contributed by atoms with Gasteiger partial charge in [0.05, 0.1) is 6.54 Å². The third-order valence-electron chi connectivity index (χ3n) is 3.81. The number of carbonyl (C=O) groups excluding carboxylic acids is 1. The molecule has 0 radical (unpaired) electrons. The summed E-state index contributed by atoms with van der Waals surface area (Å²) in [5.74, 6) is 0.561. The van der Waals surface area contributed by atoms with E-state index in [1.165, 1.54) is 0 Å².